The van der Waals surface area contributed by atoms with Gasteiger partial charge in [-0.25, -0.2) is 9.59 Å². The van der Waals surface area contributed by atoms with Crippen molar-refractivity contribution in [2.75, 3.05) is 13.2 Å². The Morgan fingerprint density at radius 2 is 1.12 bits per heavy atom. The van der Waals surface area contributed by atoms with Crippen molar-refractivity contribution in [2.45, 2.75) is 84.9 Å². The monoisotopic (exact) mass is 807 g/mol. The number of ether oxygens (including phenoxy) is 4. The van der Waals surface area contributed by atoms with Crippen LogP contribution in [-0.4, -0.2) is 69.5 Å². The standard InChI is InChI=1S/C41H48F3N7O7/c1-39(2,3)57-37(53)47-33(45)28-14-18-30(19-15-28)55-24-10-22-50-26-32(27-12-8-7-9-13-27)51(36(50)49-35(52)41(42,43)44)23-11-25-56-31-20-16-29(17-21-31)34(46)48-38(54)58-40(4,5)6/h7-9,12-21,26H,10-11,22-25H2,1-6H3,(H2,45,47,53)(H2,46,48,54)/b49-36-. The summed E-state index contributed by atoms with van der Waals surface area (Å²) in [5, 5.41) is 21.1. The summed E-state index contributed by atoms with van der Waals surface area (Å²) in [6, 6.07) is 21.8. The molecule has 0 aliphatic rings. The Labute approximate surface area is 334 Å². The van der Waals surface area contributed by atoms with E-state index in [9.17, 15) is 27.6 Å². The number of benzene rings is 3. The first-order valence-corrected chi connectivity index (χ1v) is 18.3. The van der Waals surface area contributed by atoms with Gasteiger partial charge in [-0.15, -0.1) is 0 Å². The van der Waals surface area contributed by atoms with E-state index in [0.29, 0.717) is 46.7 Å². The number of aryl methyl sites for hydroxylation is 1. The largest absolute Gasteiger partial charge is 0.494 e. The fraction of sp³-hybridized carbons (Fsp3) is 0.366. The highest BCUT2D eigenvalue weighted by molar-refractivity contribution is 6.05. The molecule has 4 N–H and O–H groups in total. The van der Waals surface area contributed by atoms with Crippen LogP contribution in [0.15, 0.2) is 90.1 Å². The molecule has 310 valence electrons. The van der Waals surface area contributed by atoms with Crippen LogP contribution in [0.3, 0.4) is 0 Å². The number of imidazole rings is 1. The molecule has 0 saturated heterocycles. The van der Waals surface area contributed by atoms with E-state index in [1.165, 1.54) is 4.57 Å². The van der Waals surface area contributed by atoms with Gasteiger partial charge in [-0.2, -0.15) is 18.2 Å². The average molecular weight is 808 g/mol. The molecule has 0 aliphatic carbocycles. The SMILES string of the molecule is CC(C)(C)OC(=O)NC(=N)c1ccc(OCCCn2cc(-c3ccccc3)n(CCCOc3ccc(C(=N)NC(=O)OC(C)(C)C)cc3)/c2=N\C(=O)C(F)(F)F)cc1. The van der Waals surface area contributed by atoms with Crippen LogP contribution in [0.25, 0.3) is 11.3 Å². The molecule has 0 aliphatic heterocycles. The molecule has 4 rings (SSSR count). The van der Waals surface area contributed by atoms with Crippen LogP contribution in [0.4, 0.5) is 22.8 Å². The Morgan fingerprint density at radius 1 is 0.672 bits per heavy atom. The highest BCUT2D eigenvalue weighted by Crippen LogP contribution is 2.21. The smallest absolute Gasteiger partial charge is 0.473 e. The van der Waals surface area contributed by atoms with Crippen LogP contribution in [0.2, 0.25) is 0 Å². The van der Waals surface area contributed by atoms with Crippen molar-refractivity contribution in [3.63, 3.8) is 0 Å². The highest BCUT2D eigenvalue weighted by atomic mass is 19.4. The number of halogens is 3. The molecule has 0 atom stereocenters. The minimum Gasteiger partial charge on any atom is -0.494 e. The number of amidine groups is 2. The zero-order valence-electron chi connectivity index (χ0n) is 33.2. The van der Waals surface area contributed by atoms with Crippen LogP contribution in [0.5, 0.6) is 11.5 Å². The van der Waals surface area contributed by atoms with Gasteiger partial charge in [0.1, 0.15) is 34.4 Å². The number of alkyl carbamates (subject to hydrolysis) is 2. The number of hydrogen-bond donors (Lipinski definition) is 4. The maximum atomic E-state index is 13.5. The number of carbonyl (C=O) groups is 3. The summed E-state index contributed by atoms with van der Waals surface area (Å²) < 4.78 is 65.8. The maximum absolute atomic E-state index is 13.5. The van der Waals surface area contributed by atoms with E-state index in [4.69, 9.17) is 29.8 Å². The molecule has 3 amide bonds. The Balaban J connectivity index is 1.44. The van der Waals surface area contributed by atoms with E-state index in [1.54, 1.807) is 125 Å². The molecule has 3 aromatic carbocycles. The van der Waals surface area contributed by atoms with Gasteiger partial charge in [-0.3, -0.25) is 26.2 Å². The van der Waals surface area contributed by atoms with Gasteiger partial charge in [0.2, 0.25) is 5.62 Å². The van der Waals surface area contributed by atoms with E-state index >= 15 is 0 Å². The van der Waals surface area contributed by atoms with E-state index in [-0.39, 0.29) is 43.6 Å². The fourth-order valence-corrected chi connectivity index (χ4v) is 5.27. The summed E-state index contributed by atoms with van der Waals surface area (Å²) in [5.41, 5.74) is 0.419. The fourth-order valence-electron chi connectivity index (χ4n) is 5.27. The number of aromatic nitrogens is 2. The average Bonchev–Trinajstić information content (AvgIpc) is 3.46. The summed E-state index contributed by atoms with van der Waals surface area (Å²) in [4.78, 5) is 39.9. The zero-order valence-corrected chi connectivity index (χ0v) is 33.2. The number of hydrogen-bond acceptors (Lipinski definition) is 9. The van der Waals surface area contributed by atoms with E-state index in [2.05, 4.69) is 15.6 Å². The van der Waals surface area contributed by atoms with Crippen molar-refractivity contribution in [3.05, 3.63) is 102 Å². The predicted molar refractivity (Wildman–Crippen MR) is 210 cm³/mol. The molecule has 0 fully saturated rings. The first-order chi connectivity index (χ1) is 27.2. The molecule has 17 heteroatoms. The molecular weight excluding hydrogens is 759 g/mol. The first-order valence-electron chi connectivity index (χ1n) is 18.3. The molecule has 1 aromatic heterocycles. The second kappa shape index (κ2) is 19.2. The number of alkyl halides is 3. The normalized spacial score (nSPS) is 12.1. The van der Waals surface area contributed by atoms with Gasteiger partial charge >= 0.3 is 24.3 Å². The molecule has 0 spiro atoms. The number of nitrogens with zero attached hydrogens (tertiary/aromatic N) is 3. The first kappa shape index (κ1) is 44.3. The minimum atomic E-state index is -5.19. The van der Waals surface area contributed by atoms with Crippen LogP contribution >= 0.6 is 0 Å². The summed E-state index contributed by atoms with van der Waals surface area (Å²) in [6.45, 7) is 10.9. The van der Waals surface area contributed by atoms with Gasteiger partial charge in [0.25, 0.3) is 0 Å². The van der Waals surface area contributed by atoms with Crippen LogP contribution in [0, 0.1) is 10.8 Å². The van der Waals surface area contributed by atoms with E-state index in [0.717, 1.165) is 0 Å². The second-order valence-electron chi connectivity index (χ2n) is 14.9. The van der Waals surface area contributed by atoms with Gasteiger partial charge in [-0.1, -0.05) is 30.3 Å². The highest BCUT2D eigenvalue weighted by Gasteiger charge is 2.39. The number of carbonyl (C=O) groups excluding carboxylic acids is 3. The van der Waals surface area contributed by atoms with Gasteiger partial charge in [0, 0.05) is 30.4 Å². The van der Waals surface area contributed by atoms with Gasteiger partial charge in [-0.05, 0) is 108 Å². The third kappa shape index (κ3) is 14.0. The minimum absolute atomic E-state index is 0.143. The van der Waals surface area contributed by atoms with Gasteiger partial charge in [0.05, 0.1) is 18.9 Å². The van der Waals surface area contributed by atoms with Gasteiger partial charge in [0.15, 0.2) is 0 Å². The van der Waals surface area contributed by atoms with Crippen LogP contribution in [0.1, 0.15) is 65.5 Å². The zero-order chi connectivity index (χ0) is 42.7. The molecule has 1 heterocycles. The quantitative estimate of drug-likeness (QED) is 0.0610. The molecule has 0 unspecified atom stereocenters. The van der Waals surface area contributed by atoms with Crippen molar-refractivity contribution in [2.24, 2.45) is 4.99 Å². The molecule has 58 heavy (non-hydrogen) atoms. The lowest BCUT2D eigenvalue weighted by atomic mass is 10.1. The number of nitrogens with one attached hydrogen (secondary N) is 4. The summed E-state index contributed by atoms with van der Waals surface area (Å²) in [6.07, 6.45) is -4.41. The Bertz CT molecular complexity index is 2130. The van der Waals surface area contributed by atoms with Crippen molar-refractivity contribution >= 4 is 29.8 Å². The molecular formula is C41H48F3N7O7. The molecule has 4 aromatic rings. The number of rotatable bonds is 13. The van der Waals surface area contributed by atoms with Crippen molar-refractivity contribution < 1.29 is 46.5 Å². The lowest BCUT2D eigenvalue weighted by molar-refractivity contribution is -0.169. The third-order valence-electron chi connectivity index (χ3n) is 7.73. The van der Waals surface area contributed by atoms with E-state index in [1.807, 2.05) is 6.07 Å². The van der Waals surface area contributed by atoms with Crippen molar-refractivity contribution in [1.82, 2.24) is 19.8 Å². The van der Waals surface area contributed by atoms with Crippen LogP contribution in [-0.2, 0) is 27.4 Å². The second-order valence-corrected chi connectivity index (χ2v) is 14.9. The molecule has 0 saturated carbocycles. The third-order valence-corrected chi connectivity index (χ3v) is 7.73. The molecule has 0 bridgehead atoms. The summed E-state index contributed by atoms with van der Waals surface area (Å²) >= 11 is 0. The molecule has 0 radical (unpaired) electrons. The lowest BCUT2D eigenvalue weighted by Gasteiger charge is -2.19. The maximum Gasteiger partial charge on any atom is 0.473 e. The van der Waals surface area contributed by atoms with Crippen molar-refractivity contribution in [1.29, 1.82) is 10.8 Å². The van der Waals surface area contributed by atoms with Crippen LogP contribution < -0.4 is 25.7 Å². The Morgan fingerprint density at radius 3 is 1.55 bits per heavy atom. The summed E-state index contributed by atoms with van der Waals surface area (Å²) in [7, 11) is 0. The van der Waals surface area contributed by atoms with E-state index < -0.39 is 35.5 Å². The predicted octanol–water partition coefficient (Wildman–Crippen LogP) is 7.58. The van der Waals surface area contributed by atoms with Crippen molar-refractivity contribution in [3.8, 4) is 22.8 Å². The topological polar surface area (TPSA) is 182 Å². The summed E-state index contributed by atoms with van der Waals surface area (Å²) in [5.74, 6) is -1.64. The number of amides is 3. The Kier molecular flexibility index (Phi) is 14.6. The molecule has 14 nitrogen and oxygen atoms in total. The lowest BCUT2D eigenvalue weighted by Crippen LogP contribution is -2.36. The Hall–Kier alpha value is -6.39. The van der Waals surface area contributed by atoms with Gasteiger partial charge < -0.3 is 28.1 Å².